The number of esters is 1. The van der Waals surface area contributed by atoms with Crippen molar-refractivity contribution in [2.45, 2.75) is 6.61 Å². The Hall–Kier alpha value is -1.35. The maximum atomic E-state index is 12.5. The fourth-order valence-corrected chi connectivity index (χ4v) is 3.26. The molecule has 0 unspecified atom stereocenters. The van der Waals surface area contributed by atoms with Crippen molar-refractivity contribution in [3.63, 3.8) is 0 Å². The Balaban J connectivity index is 2.58. The number of rotatable bonds is 5. The zero-order chi connectivity index (χ0) is 19.6. The number of hydrogen-bond acceptors (Lipinski definition) is 4. The smallest absolute Gasteiger partial charge is 0.388 e. The first-order valence-corrected chi connectivity index (χ1v) is 8.70. The van der Waals surface area contributed by atoms with E-state index in [2.05, 4.69) is 30.5 Å². The van der Waals surface area contributed by atoms with Gasteiger partial charge in [0, 0.05) is 17.6 Å². The molecule has 0 fully saturated rings. The molecular formula is C15H10BrCl3F2N2O3. The number of aryl methyl sites for hydroxylation is 1. The Bertz CT molecular complexity index is 888. The van der Waals surface area contributed by atoms with E-state index in [9.17, 15) is 13.6 Å². The molecule has 0 spiro atoms. The summed E-state index contributed by atoms with van der Waals surface area (Å²) < 4.78 is 35.2. The number of benzene rings is 1. The third-order valence-electron chi connectivity index (χ3n) is 3.14. The van der Waals surface area contributed by atoms with Crippen molar-refractivity contribution in [3.05, 3.63) is 37.2 Å². The van der Waals surface area contributed by atoms with Crippen LogP contribution in [0.15, 0.2) is 16.6 Å². The van der Waals surface area contributed by atoms with E-state index in [1.807, 2.05) is 0 Å². The van der Waals surface area contributed by atoms with Gasteiger partial charge in [0.1, 0.15) is 15.2 Å². The van der Waals surface area contributed by atoms with Gasteiger partial charge in [-0.15, -0.1) is 0 Å². The molecule has 0 radical (unpaired) electrons. The number of halogens is 6. The molecule has 1 heterocycles. The average molecular weight is 491 g/mol. The lowest BCUT2D eigenvalue weighted by Gasteiger charge is -2.07. The van der Waals surface area contributed by atoms with E-state index in [1.54, 1.807) is 0 Å². The van der Waals surface area contributed by atoms with Gasteiger partial charge in [0.25, 0.3) is 0 Å². The Morgan fingerprint density at radius 1 is 1.31 bits per heavy atom. The van der Waals surface area contributed by atoms with Crippen LogP contribution in [0.4, 0.5) is 8.78 Å². The molecule has 1 aromatic carbocycles. The van der Waals surface area contributed by atoms with Crippen LogP contribution in [0.3, 0.4) is 0 Å². The van der Waals surface area contributed by atoms with Crippen molar-refractivity contribution in [1.82, 2.24) is 9.78 Å². The van der Waals surface area contributed by atoms with Gasteiger partial charge in [-0.25, -0.2) is 9.48 Å². The van der Waals surface area contributed by atoms with Gasteiger partial charge in [-0.2, -0.15) is 13.9 Å². The highest BCUT2D eigenvalue weighted by Gasteiger charge is 2.22. The average Bonchev–Trinajstić information content (AvgIpc) is 2.84. The molecule has 0 atom stereocenters. The number of aromatic nitrogens is 2. The molecule has 0 amide bonds. The molecule has 2 rings (SSSR count). The van der Waals surface area contributed by atoms with E-state index >= 15 is 0 Å². The molecule has 11 heteroatoms. The molecule has 1 aromatic heterocycles. The minimum atomic E-state index is -3.06. The molecule has 2 aromatic rings. The zero-order valence-corrected chi connectivity index (χ0v) is 17.1. The predicted molar refractivity (Wildman–Crippen MR) is 99.2 cm³/mol. The monoisotopic (exact) mass is 488 g/mol. The minimum absolute atomic E-state index is 0.115. The van der Waals surface area contributed by atoms with E-state index in [1.165, 1.54) is 32.4 Å². The summed E-state index contributed by atoms with van der Waals surface area (Å²) in [5.41, 5.74) is 0.842. The van der Waals surface area contributed by atoms with Crippen LogP contribution in [0.2, 0.25) is 15.1 Å². The number of ether oxygens (including phenoxy) is 2. The first kappa shape index (κ1) is 21.0. The van der Waals surface area contributed by atoms with Gasteiger partial charge in [-0.05, 0) is 39.7 Å². The second-order valence-corrected chi connectivity index (χ2v) is 6.85. The van der Waals surface area contributed by atoms with Crippen LogP contribution in [0, 0.1) is 0 Å². The highest BCUT2D eigenvalue weighted by molar-refractivity contribution is 9.12. The summed E-state index contributed by atoms with van der Waals surface area (Å²) >= 11 is 21.5. The molecule has 5 nitrogen and oxygen atoms in total. The topological polar surface area (TPSA) is 53.3 Å². The van der Waals surface area contributed by atoms with Crippen molar-refractivity contribution in [1.29, 1.82) is 0 Å². The molecular weight excluding hydrogens is 480 g/mol. The van der Waals surface area contributed by atoms with Crippen molar-refractivity contribution < 1.29 is 23.0 Å². The van der Waals surface area contributed by atoms with Gasteiger partial charge in [-0.3, -0.25) is 0 Å². The van der Waals surface area contributed by atoms with E-state index in [4.69, 9.17) is 34.8 Å². The van der Waals surface area contributed by atoms with E-state index in [-0.39, 0.29) is 31.1 Å². The Kier molecular flexibility index (Phi) is 6.90. The third kappa shape index (κ3) is 4.49. The van der Waals surface area contributed by atoms with Crippen molar-refractivity contribution in [2.24, 2.45) is 7.05 Å². The fourth-order valence-electron chi connectivity index (χ4n) is 2.02. The van der Waals surface area contributed by atoms with Gasteiger partial charge in [0.15, 0.2) is 0 Å². The molecule has 0 saturated carbocycles. The highest BCUT2D eigenvalue weighted by atomic mass is 79.9. The van der Waals surface area contributed by atoms with Crippen molar-refractivity contribution in [3.8, 4) is 17.1 Å². The summed E-state index contributed by atoms with van der Waals surface area (Å²) in [6, 6.07) is 2.93. The Morgan fingerprint density at radius 3 is 2.54 bits per heavy atom. The Morgan fingerprint density at radius 2 is 1.96 bits per heavy atom. The second-order valence-electron chi connectivity index (χ2n) is 4.81. The summed E-state index contributed by atoms with van der Waals surface area (Å²) in [5, 5.41) is 4.36. The number of nitrogens with zero attached hydrogens (tertiary/aromatic N) is 2. The summed E-state index contributed by atoms with van der Waals surface area (Å²) in [6.45, 7) is -3.06. The van der Waals surface area contributed by atoms with Crippen LogP contribution in [0.5, 0.6) is 5.88 Å². The van der Waals surface area contributed by atoms with Gasteiger partial charge in [0.05, 0.1) is 12.1 Å². The number of alkyl halides is 2. The second kappa shape index (κ2) is 8.56. The molecule has 0 bridgehead atoms. The lowest BCUT2D eigenvalue weighted by molar-refractivity contribution is -0.135. The quantitative estimate of drug-likeness (QED) is 0.407. The Labute approximate surface area is 170 Å². The van der Waals surface area contributed by atoms with Gasteiger partial charge >= 0.3 is 12.6 Å². The van der Waals surface area contributed by atoms with Crippen LogP contribution < -0.4 is 4.74 Å². The normalized spacial score (nSPS) is 11.8. The zero-order valence-electron chi connectivity index (χ0n) is 13.2. The largest absolute Gasteiger partial charge is 0.465 e. The van der Waals surface area contributed by atoms with Gasteiger partial charge in [-0.1, -0.05) is 34.8 Å². The van der Waals surface area contributed by atoms with Crippen LogP contribution in [-0.4, -0.2) is 29.5 Å². The minimum Gasteiger partial charge on any atom is -0.465 e. The highest BCUT2D eigenvalue weighted by Crippen LogP contribution is 2.40. The first-order valence-electron chi connectivity index (χ1n) is 6.78. The summed E-state index contributed by atoms with van der Waals surface area (Å²) in [5.74, 6) is -0.920. The number of hydrogen-bond donors (Lipinski definition) is 0. The number of methoxy groups -OCH3 is 1. The van der Waals surface area contributed by atoms with E-state index < -0.39 is 12.6 Å². The lowest BCUT2D eigenvalue weighted by atomic mass is 10.1. The molecule has 0 aliphatic rings. The number of carbonyl (C=O) groups is 1. The lowest BCUT2D eigenvalue weighted by Crippen LogP contribution is -2.06. The fraction of sp³-hybridized carbons (Fsp3) is 0.200. The summed E-state index contributed by atoms with van der Waals surface area (Å²) in [6.07, 6.45) is 1.42. The third-order valence-corrected chi connectivity index (χ3v) is 4.68. The molecule has 0 aliphatic carbocycles. The molecule has 0 saturated heterocycles. The van der Waals surface area contributed by atoms with Gasteiger partial charge < -0.3 is 9.47 Å². The molecule has 140 valence electrons. The van der Waals surface area contributed by atoms with Crippen molar-refractivity contribution >= 4 is 62.8 Å². The molecule has 26 heavy (non-hydrogen) atoms. The molecule has 0 aliphatic heterocycles. The SMILES string of the molecule is COC(=O)C(Br)=Cc1cc(-c2nn(C)c(OC(F)F)c2Cl)c(Cl)cc1Cl. The van der Waals surface area contributed by atoms with E-state index in [0.29, 0.717) is 11.1 Å². The van der Waals surface area contributed by atoms with Crippen LogP contribution in [0.25, 0.3) is 17.3 Å². The van der Waals surface area contributed by atoms with Crippen LogP contribution >= 0.6 is 50.7 Å². The van der Waals surface area contributed by atoms with Crippen molar-refractivity contribution in [2.75, 3.05) is 7.11 Å². The predicted octanol–water partition coefficient (Wildman–Crippen LogP) is 5.56. The van der Waals surface area contributed by atoms with Crippen LogP contribution in [-0.2, 0) is 16.6 Å². The van der Waals surface area contributed by atoms with Crippen LogP contribution in [0.1, 0.15) is 5.56 Å². The maximum Gasteiger partial charge on any atom is 0.388 e. The summed E-state index contributed by atoms with van der Waals surface area (Å²) in [4.78, 5) is 11.5. The van der Waals surface area contributed by atoms with E-state index in [0.717, 1.165) is 4.68 Å². The first-order chi connectivity index (χ1) is 12.1. The maximum absolute atomic E-state index is 12.5. The number of carbonyl (C=O) groups excluding carboxylic acids is 1. The summed E-state index contributed by atoms with van der Waals surface area (Å²) in [7, 11) is 2.62. The van der Waals surface area contributed by atoms with Gasteiger partial charge in [0.2, 0.25) is 5.88 Å². The molecule has 0 N–H and O–H groups in total. The standard InChI is InChI=1S/C15H10BrCl3F2N2O3/c1-23-13(26-15(20)21)11(19)12(22-23)7-3-6(9(17)5-10(7)18)4-8(16)14(24)25-2/h3-5,15H,1-2H3.